The molecule has 0 radical (unpaired) electrons. The highest BCUT2D eigenvalue weighted by atomic mass is 127. The van der Waals surface area contributed by atoms with Gasteiger partial charge in [-0.15, -0.1) is 24.0 Å². The van der Waals surface area contributed by atoms with E-state index in [0.717, 1.165) is 45.0 Å². The lowest BCUT2D eigenvalue weighted by Gasteiger charge is -2.21. The minimum atomic E-state index is 0. The molecule has 4 rings (SSSR count). The summed E-state index contributed by atoms with van der Waals surface area (Å²) in [6.45, 7) is 8.01. The first-order valence-electron chi connectivity index (χ1n) is 10.2. The number of hydrogen-bond donors (Lipinski definition) is 2. The number of fused-ring (bicyclic) bond motifs is 1. The summed E-state index contributed by atoms with van der Waals surface area (Å²) in [7, 11) is 1.98. The Kier molecular flexibility index (Phi) is 7.21. The number of para-hydroxylation sites is 1. The fourth-order valence-electron chi connectivity index (χ4n) is 4.23. The molecule has 2 N–H and O–H groups in total. The van der Waals surface area contributed by atoms with Gasteiger partial charge in [0.05, 0.1) is 6.20 Å². The molecule has 29 heavy (non-hydrogen) atoms. The Bertz CT molecular complexity index is 973. The minimum absolute atomic E-state index is 0. The second-order valence-corrected chi connectivity index (χ2v) is 7.64. The summed E-state index contributed by atoms with van der Waals surface area (Å²) in [5.41, 5.74) is 5.17. The van der Waals surface area contributed by atoms with Crippen LogP contribution < -0.4 is 5.32 Å². The van der Waals surface area contributed by atoms with Crippen LogP contribution in [0.1, 0.15) is 36.1 Å². The minimum Gasteiger partial charge on any atom is -0.358 e. The molecular formula is C22H31IN6. The predicted octanol–water partition coefficient (Wildman–Crippen LogP) is 3.83. The zero-order chi connectivity index (χ0) is 19.5. The monoisotopic (exact) mass is 506 g/mol. The standard InChI is InChI=1S/C22H30N6.HI/c1-4-23-22(28-12-10-17(15-28)18-13-25-27(3)14-18)24-11-9-19-16(2)26-21-8-6-5-7-20(19)21;/h5-8,13-14,17,26H,4,9-12,15H2,1-3H3,(H,23,24);1H. The number of nitrogens with zero attached hydrogens (tertiary/aromatic N) is 4. The third kappa shape index (κ3) is 4.76. The zero-order valence-corrected chi connectivity index (χ0v) is 19.8. The highest BCUT2D eigenvalue weighted by Crippen LogP contribution is 2.27. The fourth-order valence-corrected chi connectivity index (χ4v) is 4.23. The van der Waals surface area contributed by atoms with Crippen molar-refractivity contribution in [3.05, 3.63) is 53.5 Å². The summed E-state index contributed by atoms with van der Waals surface area (Å²) in [6, 6.07) is 8.52. The second kappa shape index (κ2) is 9.65. The van der Waals surface area contributed by atoms with Crippen LogP contribution in [0.2, 0.25) is 0 Å². The Balaban J connectivity index is 0.00000240. The van der Waals surface area contributed by atoms with E-state index >= 15 is 0 Å². The number of aromatic amines is 1. The van der Waals surface area contributed by atoms with Crippen LogP contribution in [-0.4, -0.2) is 51.8 Å². The van der Waals surface area contributed by atoms with Crippen LogP contribution in [-0.2, 0) is 13.5 Å². The van der Waals surface area contributed by atoms with Crippen LogP contribution >= 0.6 is 24.0 Å². The number of nitrogens with one attached hydrogen (secondary N) is 2. The molecule has 0 aliphatic carbocycles. The van der Waals surface area contributed by atoms with Crippen LogP contribution in [0, 0.1) is 6.92 Å². The Hall–Kier alpha value is -2.03. The molecule has 2 aromatic heterocycles. The van der Waals surface area contributed by atoms with E-state index in [1.54, 1.807) is 0 Å². The van der Waals surface area contributed by atoms with Crippen molar-refractivity contribution in [2.24, 2.45) is 12.0 Å². The first-order valence-corrected chi connectivity index (χ1v) is 10.2. The molecule has 1 saturated heterocycles. The molecule has 0 bridgehead atoms. The predicted molar refractivity (Wildman–Crippen MR) is 130 cm³/mol. The van der Waals surface area contributed by atoms with Crippen molar-refractivity contribution in [1.82, 2.24) is 25.0 Å². The van der Waals surface area contributed by atoms with Gasteiger partial charge in [-0.3, -0.25) is 9.67 Å². The number of hydrogen-bond acceptors (Lipinski definition) is 2. The number of guanidine groups is 1. The number of H-pyrrole nitrogens is 1. The fraction of sp³-hybridized carbons (Fsp3) is 0.455. The van der Waals surface area contributed by atoms with Gasteiger partial charge < -0.3 is 15.2 Å². The summed E-state index contributed by atoms with van der Waals surface area (Å²) in [6.07, 6.45) is 6.23. The Morgan fingerprint density at radius 1 is 1.34 bits per heavy atom. The highest BCUT2D eigenvalue weighted by Gasteiger charge is 2.26. The lowest BCUT2D eigenvalue weighted by molar-refractivity contribution is 0.486. The van der Waals surface area contributed by atoms with Crippen molar-refractivity contribution in [1.29, 1.82) is 0 Å². The highest BCUT2D eigenvalue weighted by molar-refractivity contribution is 14.0. The first-order chi connectivity index (χ1) is 13.7. The maximum absolute atomic E-state index is 4.95. The number of aromatic nitrogens is 3. The van der Waals surface area contributed by atoms with Gasteiger partial charge in [0.1, 0.15) is 0 Å². The number of rotatable bonds is 5. The van der Waals surface area contributed by atoms with Crippen molar-refractivity contribution in [3.63, 3.8) is 0 Å². The van der Waals surface area contributed by atoms with E-state index in [4.69, 9.17) is 4.99 Å². The topological polar surface area (TPSA) is 61.2 Å². The van der Waals surface area contributed by atoms with Crippen molar-refractivity contribution in [2.45, 2.75) is 32.6 Å². The third-order valence-corrected chi connectivity index (χ3v) is 5.67. The molecule has 0 saturated carbocycles. The lowest BCUT2D eigenvalue weighted by Crippen LogP contribution is -2.40. The SMILES string of the molecule is CCNC(=NCCc1c(C)[nH]c2ccccc12)N1CCC(c2cnn(C)c2)C1.I. The van der Waals surface area contributed by atoms with Gasteiger partial charge in [-0.1, -0.05) is 18.2 Å². The van der Waals surface area contributed by atoms with E-state index in [9.17, 15) is 0 Å². The van der Waals surface area contributed by atoms with E-state index < -0.39 is 0 Å². The van der Waals surface area contributed by atoms with E-state index in [1.165, 1.54) is 27.7 Å². The van der Waals surface area contributed by atoms with Gasteiger partial charge in [0, 0.05) is 61.9 Å². The molecule has 1 aromatic carbocycles. The first kappa shape index (κ1) is 21.7. The molecule has 156 valence electrons. The summed E-state index contributed by atoms with van der Waals surface area (Å²) in [5.74, 6) is 1.57. The van der Waals surface area contributed by atoms with E-state index in [2.05, 4.69) is 64.6 Å². The zero-order valence-electron chi connectivity index (χ0n) is 17.5. The molecule has 1 aliphatic heterocycles. The average Bonchev–Trinajstić information content (AvgIpc) is 3.40. The summed E-state index contributed by atoms with van der Waals surface area (Å²) in [5, 5.41) is 9.13. The maximum atomic E-state index is 4.95. The Labute approximate surface area is 189 Å². The van der Waals surface area contributed by atoms with Gasteiger partial charge in [0.25, 0.3) is 0 Å². The Morgan fingerprint density at radius 3 is 2.93 bits per heavy atom. The van der Waals surface area contributed by atoms with Crippen molar-refractivity contribution < 1.29 is 0 Å². The van der Waals surface area contributed by atoms with Gasteiger partial charge in [0.2, 0.25) is 0 Å². The normalized spacial score (nSPS) is 17.0. The molecule has 1 unspecified atom stereocenters. The molecule has 7 heteroatoms. The maximum Gasteiger partial charge on any atom is 0.193 e. The van der Waals surface area contributed by atoms with Gasteiger partial charge in [-0.25, -0.2) is 0 Å². The summed E-state index contributed by atoms with van der Waals surface area (Å²) >= 11 is 0. The number of benzene rings is 1. The number of aliphatic imine (C=N–C) groups is 1. The van der Waals surface area contributed by atoms with Crippen molar-refractivity contribution in [3.8, 4) is 0 Å². The molecule has 6 nitrogen and oxygen atoms in total. The number of aryl methyl sites for hydroxylation is 2. The molecule has 0 spiro atoms. The van der Waals surface area contributed by atoms with E-state index in [-0.39, 0.29) is 24.0 Å². The molecular weight excluding hydrogens is 475 g/mol. The quantitative estimate of drug-likeness (QED) is 0.314. The summed E-state index contributed by atoms with van der Waals surface area (Å²) in [4.78, 5) is 10.8. The Morgan fingerprint density at radius 2 is 2.17 bits per heavy atom. The molecule has 3 heterocycles. The number of halogens is 1. The van der Waals surface area contributed by atoms with Crippen molar-refractivity contribution >= 4 is 40.8 Å². The lowest BCUT2D eigenvalue weighted by atomic mass is 10.0. The molecule has 0 amide bonds. The van der Waals surface area contributed by atoms with Crippen LogP contribution in [0.25, 0.3) is 10.9 Å². The third-order valence-electron chi connectivity index (χ3n) is 5.67. The number of likely N-dealkylation sites (tertiary alicyclic amines) is 1. The van der Waals surface area contributed by atoms with Crippen LogP contribution in [0.15, 0.2) is 41.7 Å². The summed E-state index contributed by atoms with van der Waals surface area (Å²) < 4.78 is 1.89. The van der Waals surface area contributed by atoms with Gasteiger partial charge >= 0.3 is 0 Å². The van der Waals surface area contributed by atoms with Crippen molar-refractivity contribution in [2.75, 3.05) is 26.2 Å². The van der Waals surface area contributed by atoms with Crippen LogP contribution in [0.5, 0.6) is 0 Å². The van der Waals surface area contributed by atoms with E-state index in [0.29, 0.717) is 5.92 Å². The van der Waals surface area contributed by atoms with Crippen LogP contribution in [0.3, 0.4) is 0 Å². The molecule has 3 aromatic rings. The second-order valence-electron chi connectivity index (χ2n) is 7.64. The van der Waals surface area contributed by atoms with Gasteiger partial charge in [-0.05, 0) is 43.9 Å². The van der Waals surface area contributed by atoms with E-state index in [1.807, 2.05) is 17.9 Å². The molecule has 1 atom stereocenters. The van der Waals surface area contributed by atoms with Gasteiger partial charge in [0.15, 0.2) is 5.96 Å². The largest absolute Gasteiger partial charge is 0.358 e. The molecule has 1 fully saturated rings. The van der Waals surface area contributed by atoms with Crippen LogP contribution in [0.4, 0.5) is 0 Å². The molecule has 1 aliphatic rings. The average molecular weight is 506 g/mol. The van der Waals surface area contributed by atoms with Gasteiger partial charge in [-0.2, -0.15) is 5.10 Å². The smallest absolute Gasteiger partial charge is 0.193 e.